The molecule has 0 radical (unpaired) electrons. The predicted octanol–water partition coefficient (Wildman–Crippen LogP) is 3.23. The Morgan fingerprint density at radius 2 is 2.12 bits per heavy atom. The zero-order valence-corrected chi connectivity index (χ0v) is 10.1. The van der Waals surface area contributed by atoms with Crippen LogP contribution in [0.4, 0.5) is 4.39 Å². The number of rotatable bonds is 2. The van der Waals surface area contributed by atoms with Gasteiger partial charge < -0.3 is 5.73 Å². The van der Waals surface area contributed by atoms with E-state index in [1.807, 2.05) is 6.92 Å². The maximum Gasteiger partial charge on any atom is 0.123 e. The fourth-order valence-electron chi connectivity index (χ4n) is 1.76. The minimum absolute atomic E-state index is 0.273. The summed E-state index contributed by atoms with van der Waals surface area (Å²) < 4.78 is 13.0. The van der Waals surface area contributed by atoms with Crippen LogP contribution in [0.5, 0.6) is 0 Å². The van der Waals surface area contributed by atoms with Crippen molar-refractivity contribution in [2.75, 3.05) is 0 Å². The van der Waals surface area contributed by atoms with E-state index in [0.717, 1.165) is 11.1 Å². The number of nitrogens with two attached hydrogens (primary N) is 1. The Morgan fingerprint density at radius 3 is 2.76 bits per heavy atom. The molecule has 1 atom stereocenters. The zero-order valence-electron chi connectivity index (χ0n) is 9.32. The molecular formula is C13H12ClFN2. The first kappa shape index (κ1) is 12.0. The fraction of sp³-hybridized carbons (Fsp3) is 0.154. The Kier molecular flexibility index (Phi) is 3.41. The number of aryl methyl sites for hydroxylation is 1. The van der Waals surface area contributed by atoms with Gasteiger partial charge in [-0.25, -0.2) is 4.39 Å². The van der Waals surface area contributed by atoms with E-state index in [9.17, 15) is 4.39 Å². The summed E-state index contributed by atoms with van der Waals surface area (Å²) in [5.41, 5.74) is 8.32. The molecule has 0 amide bonds. The first-order chi connectivity index (χ1) is 8.09. The molecular weight excluding hydrogens is 239 g/mol. The van der Waals surface area contributed by atoms with Crippen molar-refractivity contribution in [1.29, 1.82) is 0 Å². The molecule has 0 spiro atoms. The second-order valence-electron chi connectivity index (χ2n) is 3.85. The van der Waals surface area contributed by atoms with Crippen LogP contribution in [0.3, 0.4) is 0 Å². The van der Waals surface area contributed by atoms with Gasteiger partial charge in [0.05, 0.1) is 16.8 Å². The Labute approximate surface area is 104 Å². The molecule has 2 nitrogen and oxygen atoms in total. The van der Waals surface area contributed by atoms with Gasteiger partial charge in [-0.2, -0.15) is 0 Å². The smallest absolute Gasteiger partial charge is 0.123 e. The normalized spacial score (nSPS) is 12.5. The van der Waals surface area contributed by atoms with Gasteiger partial charge in [0.15, 0.2) is 0 Å². The van der Waals surface area contributed by atoms with E-state index < -0.39 is 6.04 Å². The van der Waals surface area contributed by atoms with Crippen LogP contribution in [-0.2, 0) is 0 Å². The summed E-state index contributed by atoms with van der Waals surface area (Å²) in [6, 6.07) is 7.55. The second-order valence-corrected chi connectivity index (χ2v) is 4.26. The number of benzene rings is 1. The second kappa shape index (κ2) is 4.82. The lowest BCUT2D eigenvalue weighted by Gasteiger charge is -2.15. The molecule has 0 fully saturated rings. The van der Waals surface area contributed by atoms with Crippen LogP contribution in [0.15, 0.2) is 36.5 Å². The van der Waals surface area contributed by atoms with Gasteiger partial charge in [-0.1, -0.05) is 17.7 Å². The molecule has 1 aromatic heterocycles. The number of hydrogen-bond acceptors (Lipinski definition) is 2. The molecule has 2 aromatic rings. The average molecular weight is 251 g/mol. The van der Waals surface area contributed by atoms with Gasteiger partial charge in [0.1, 0.15) is 5.82 Å². The predicted molar refractivity (Wildman–Crippen MR) is 66.4 cm³/mol. The lowest BCUT2D eigenvalue weighted by Crippen LogP contribution is -2.15. The van der Waals surface area contributed by atoms with Crippen molar-refractivity contribution in [1.82, 2.24) is 4.98 Å². The Morgan fingerprint density at radius 1 is 1.35 bits per heavy atom. The van der Waals surface area contributed by atoms with Crippen molar-refractivity contribution in [2.45, 2.75) is 13.0 Å². The van der Waals surface area contributed by atoms with Crippen molar-refractivity contribution < 1.29 is 4.39 Å². The first-order valence-electron chi connectivity index (χ1n) is 5.21. The summed E-state index contributed by atoms with van der Waals surface area (Å²) in [5.74, 6) is -0.273. The Hall–Kier alpha value is -1.45. The highest BCUT2D eigenvalue weighted by molar-refractivity contribution is 6.31. The molecule has 1 unspecified atom stereocenters. The lowest BCUT2D eigenvalue weighted by molar-refractivity contribution is 0.624. The molecule has 88 valence electrons. The summed E-state index contributed by atoms with van der Waals surface area (Å²) in [7, 11) is 0. The van der Waals surface area contributed by atoms with Crippen molar-refractivity contribution >= 4 is 11.6 Å². The van der Waals surface area contributed by atoms with Gasteiger partial charge in [-0.15, -0.1) is 0 Å². The van der Waals surface area contributed by atoms with Crippen LogP contribution in [0, 0.1) is 12.7 Å². The maximum absolute atomic E-state index is 13.0. The van der Waals surface area contributed by atoms with Gasteiger partial charge >= 0.3 is 0 Å². The van der Waals surface area contributed by atoms with Crippen molar-refractivity contribution in [3.8, 4) is 0 Å². The van der Waals surface area contributed by atoms with E-state index in [1.54, 1.807) is 24.4 Å². The minimum Gasteiger partial charge on any atom is -0.319 e. The van der Waals surface area contributed by atoms with Crippen LogP contribution in [0.1, 0.15) is 22.9 Å². The molecule has 0 aliphatic rings. The Balaban J connectivity index is 2.44. The third kappa shape index (κ3) is 2.46. The third-order valence-corrected chi connectivity index (χ3v) is 2.97. The van der Waals surface area contributed by atoms with Gasteiger partial charge in [-0.3, -0.25) is 4.98 Å². The molecule has 4 heteroatoms. The van der Waals surface area contributed by atoms with Crippen LogP contribution >= 0.6 is 11.6 Å². The average Bonchev–Trinajstić information content (AvgIpc) is 2.29. The standard InChI is InChI=1S/C13H12ClFN2/c1-8-7-9(15)4-5-10(8)12(16)13-11(14)3-2-6-17-13/h2-7,12H,16H2,1H3. The van der Waals surface area contributed by atoms with E-state index in [0.29, 0.717) is 10.7 Å². The van der Waals surface area contributed by atoms with Crippen LogP contribution in [-0.4, -0.2) is 4.98 Å². The molecule has 0 aliphatic carbocycles. The molecule has 1 aromatic carbocycles. The summed E-state index contributed by atoms with van der Waals surface area (Å²) in [6.07, 6.45) is 1.64. The number of halogens is 2. The highest BCUT2D eigenvalue weighted by Gasteiger charge is 2.15. The lowest BCUT2D eigenvalue weighted by atomic mass is 9.99. The largest absolute Gasteiger partial charge is 0.319 e. The zero-order chi connectivity index (χ0) is 12.4. The highest BCUT2D eigenvalue weighted by atomic mass is 35.5. The SMILES string of the molecule is Cc1cc(F)ccc1C(N)c1ncccc1Cl. The summed E-state index contributed by atoms with van der Waals surface area (Å²) >= 11 is 6.04. The monoisotopic (exact) mass is 250 g/mol. The molecule has 0 bridgehead atoms. The van der Waals surface area contributed by atoms with E-state index in [-0.39, 0.29) is 5.82 Å². The summed E-state index contributed by atoms with van der Waals surface area (Å²) in [4.78, 5) is 4.17. The van der Waals surface area contributed by atoms with E-state index >= 15 is 0 Å². The van der Waals surface area contributed by atoms with E-state index in [4.69, 9.17) is 17.3 Å². The van der Waals surface area contributed by atoms with Crippen molar-refractivity contribution in [3.63, 3.8) is 0 Å². The molecule has 2 N–H and O–H groups in total. The summed E-state index contributed by atoms with van der Waals surface area (Å²) in [6.45, 7) is 1.81. The molecule has 2 rings (SSSR count). The molecule has 0 aliphatic heterocycles. The number of pyridine rings is 1. The number of hydrogen-bond donors (Lipinski definition) is 1. The fourth-order valence-corrected chi connectivity index (χ4v) is 2.00. The van der Waals surface area contributed by atoms with Crippen LogP contribution < -0.4 is 5.73 Å². The van der Waals surface area contributed by atoms with E-state index in [2.05, 4.69) is 4.98 Å². The highest BCUT2D eigenvalue weighted by Crippen LogP contribution is 2.26. The number of nitrogens with zero attached hydrogens (tertiary/aromatic N) is 1. The van der Waals surface area contributed by atoms with Gasteiger partial charge in [0.25, 0.3) is 0 Å². The van der Waals surface area contributed by atoms with Gasteiger partial charge in [0, 0.05) is 6.20 Å². The van der Waals surface area contributed by atoms with E-state index in [1.165, 1.54) is 12.1 Å². The van der Waals surface area contributed by atoms with Gasteiger partial charge in [-0.05, 0) is 42.3 Å². The molecule has 1 heterocycles. The molecule has 17 heavy (non-hydrogen) atoms. The van der Waals surface area contributed by atoms with Crippen LogP contribution in [0.25, 0.3) is 0 Å². The summed E-state index contributed by atoms with van der Waals surface area (Å²) in [5, 5.41) is 0.517. The van der Waals surface area contributed by atoms with Crippen molar-refractivity contribution in [3.05, 3.63) is 64.2 Å². The first-order valence-corrected chi connectivity index (χ1v) is 5.59. The van der Waals surface area contributed by atoms with Gasteiger partial charge in [0.2, 0.25) is 0 Å². The topological polar surface area (TPSA) is 38.9 Å². The van der Waals surface area contributed by atoms with Crippen molar-refractivity contribution in [2.24, 2.45) is 5.73 Å². The third-order valence-electron chi connectivity index (χ3n) is 2.65. The van der Waals surface area contributed by atoms with Crippen LogP contribution in [0.2, 0.25) is 5.02 Å². The minimum atomic E-state index is -0.440. The molecule has 0 saturated heterocycles. The molecule has 0 saturated carbocycles. The number of aromatic nitrogens is 1. The quantitative estimate of drug-likeness (QED) is 0.889. The maximum atomic E-state index is 13.0. The Bertz CT molecular complexity index is 543.